The zero-order chi connectivity index (χ0) is 11.3. The van der Waals surface area contributed by atoms with Gasteiger partial charge in [-0.1, -0.05) is 40.2 Å². The number of hydrazone groups is 1. The molecule has 1 rings (SSSR count). The Morgan fingerprint density at radius 1 is 1.47 bits per heavy atom. The lowest BCUT2D eigenvalue weighted by molar-refractivity contribution is 0.372. The number of rotatable bonds is 3. The fourth-order valence-corrected chi connectivity index (χ4v) is 1.45. The molecule has 0 amide bonds. The molecule has 0 aliphatic heterocycles. The molecule has 0 atom stereocenters. The Hall–Kier alpha value is -1.20. The second kappa shape index (κ2) is 5.63. The quantitative estimate of drug-likeness (QED) is 0.299. The van der Waals surface area contributed by atoms with Crippen molar-refractivity contribution in [1.82, 2.24) is 5.12 Å². The molecule has 0 aliphatic rings. The molecule has 2 N–H and O–H groups in total. The van der Waals surface area contributed by atoms with E-state index in [1.54, 1.807) is 7.05 Å². The van der Waals surface area contributed by atoms with E-state index in [2.05, 4.69) is 32.7 Å². The molecule has 0 saturated carbocycles. The highest BCUT2D eigenvalue weighted by molar-refractivity contribution is 9.08. The Morgan fingerprint density at radius 3 is 2.47 bits per heavy atom. The molecule has 80 valence electrons. The fraction of sp³-hybridized carbons (Fsp3) is 0.200. The summed E-state index contributed by atoms with van der Waals surface area (Å²) in [4.78, 5) is 3.82. The lowest BCUT2D eigenvalue weighted by Crippen LogP contribution is -2.21. The molecule has 4 nitrogen and oxygen atoms in total. The molecule has 0 heterocycles. The van der Waals surface area contributed by atoms with E-state index >= 15 is 0 Å². The summed E-state index contributed by atoms with van der Waals surface area (Å²) >= 11 is 3.38. The highest BCUT2D eigenvalue weighted by Gasteiger charge is 2.01. The van der Waals surface area contributed by atoms with Crippen LogP contribution in [0, 0.1) is 0 Å². The van der Waals surface area contributed by atoms with Gasteiger partial charge in [-0.2, -0.15) is 0 Å². The summed E-state index contributed by atoms with van der Waals surface area (Å²) in [6.07, 6.45) is 0. The summed E-state index contributed by atoms with van der Waals surface area (Å²) in [6, 6.07) is 7.88. The van der Waals surface area contributed by atoms with Crippen molar-refractivity contribution in [2.24, 2.45) is 15.9 Å². The number of hydrazine groups is 1. The van der Waals surface area contributed by atoms with Crippen LogP contribution in [0.1, 0.15) is 11.1 Å². The van der Waals surface area contributed by atoms with Gasteiger partial charge in [0.15, 0.2) is 5.84 Å². The first-order chi connectivity index (χ1) is 7.17. The number of amidine groups is 1. The minimum Gasteiger partial charge on any atom is -0.243 e. The number of hydrogen-bond acceptors (Lipinski definition) is 3. The second-order valence-electron chi connectivity index (χ2n) is 2.99. The first-order valence-corrected chi connectivity index (χ1v) is 5.48. The third-order valence-corrected chi connectivity index (χ3v) is 2.42. The van der Waals surface area contributed by atoms with Gasteiger partial charge >= 0.3 is 0 Å². The van der Waals surface area contributed by atoms with E-state index in [1.807, 2.05) is 24.3 Å². The number of alkyl halides is 1. The Bertz CT molecular complexity index is 356. The first-order valence-electron chi connectivity index (χ1n) is 4.36. The molecule has 0 aliphatic carbocycles. The van der Waals surface area contributed by atoms with Crippen LogP contribution in [0.5, 0.6) is 0 Å². The van der Waals surface area contributed by atoms with Gasteiger partial charge in [-0.15, -0.1) is 5.10 Å². The van der Waals surface area contributed by atoms with Gasteiger partial charge in [0.2, 0.25) is 0 Å². The van der Waals surface area contributed by atoms with Gasteiger partial charge in [-0.25, -0.2) is 16.0 Å². The molecule has 1 aromatic carbocycles. The van der Waals surface area contributed by atoms with Gasteiger partial charge in [0.1, 0.15) is 0 Å². The largest absolute Gasteiger partial charge is 0.243 e. The minimum absolute atomic E-state index is 0.515. The van der Waals surface area contributed by atoms with E-state index in [0.717, 1.165) is 10.9 Å². The Kier molecular flexibility index (Phi) is 4.45. The Labute approximate surface area is 97.6 Å². The average Bonchev–Trinajstić information content (AvgIpc) is 2.26. The van der Waals surface area contributed by atoms with Gasteiger partial charge in [-0.3, -0.25) is 0 Å². The summed E-state index contributed by atoms with van der Waals surface area (Å²) in [5.41, 5.74) is 2.09. The second-order valence-corrected chi connectivity index (χ2v) is 3.55. The van der Waals surface area contributed by atoms with Gasteiger partial charge in [-0.05, 0) is 12.3 Å². The standard InChI is InChI=1S/C10H13BrN4/c1-13-10(14-15(2)12)9-5-3-8(7-11)4-6-9/h3-6H,1,7,12H2,2H3/b14-10-. The topological polar surface area (TPSA) is 54.0 Å². The maximum Gasteiger partial charge on any atom is 0.180 e. The van der Waals surface area contributed by atoms with E-state index in [-0.39, 0.29) is 0 Å². The summed E-state index contributed by atoms with van der Waals surface area (Å²) < 4.78 is 0. The third kappa shape index (κ3) is 3.45. The fourth-order valence-electron chi connectivity index (χ4n) is 1.07. The number of aliphatic imine (C=N–C) groups is 1. The van der Waals surface area contributed by atoms with Crippen LogP contribution in [0.15, 0.2) is 34.4 Å². The molecule has 0 bridgehead atoms. The highest BCUT2D eigenvalue weighted by atomic mass is 79.9. The smallest absolute Gasteiger partial charge is 0.180 e. The third-order valence-electron chi connectivity index (χ3n) is 1.77. The van der Waals surface area contributed by atoms with Crippen LogP contribution in [0.4, 0.5) is 0 Å². The minimum atomic E-state index is 0.515. The molecule has 0 saturated heterocycles. The lowest BCUT2D eigenvalue weighted by Gasteiger charge is -2.06. The predicted molar refractivity (Wildman–Crippen MR) is 67.1 cm³/mol. The van der Waals surface area contributed by atoms with Crippen LogP contribution in [0.3, 0.4) is 0 Å². The number of hydrogen-bond donors (Lipinski definition) is 1. The predicted octanol–water partition coefficient (Wildman–Crippen LogP) is 1.75. The van der Waals surface area contributed by atoms with Crippen molar-refractivity contribution in [3.63, 3.8) is 0 Å². The van der Waals surface area contributed by atoms with E-state index in [9.17, 15) is 0 Å². The molecule has 0 fully saturated rings. The van der Waals surface area contributed by atoms with Crippen molar-refractivity contribution >= 4 is 28.5 Å². The maximum atomic E-state index is 5.41. The van der Waals surface area contributed by atoms with Crippen LogP contribution in [-0.2, 0) is 5.33 Å². The molecular weight excluding hydrogens is 256 g/mol. The van der Waals surface area contributed by atoms with Crippen molar-refractivity contribution in [2.45, 2.75) is 5.33 Å². The van der Waals surface area contributed by atoms with Gasteiger partial charge in [0.25, 0.3) is 0 Å². The molecule has 0 spiro atoms. The summed E-state index contributed by atoms with van der Waals surface area (Å²) in [5, 5.41) is 6.05. The Balaban J connectivity index is 2.98. The monoisotopic (exact) mass is 268 g/mol. The van der Waals surface area contributed by atoms with Gasteiger partial charge in [0.05, 0.1) is 0 Å². The number of benzene rings is 1. The zero-order valence-electron chi connectivity index (χ0n) is 8.52. The van der Waals surface area contributed by atoms with Crippen LogP contribution >= 0.6 is 15.9 Å². The normalized spacial score (nSPS) is 11.3. The summed E-state index contributed by atoms with van der Waals surface area (Å²) in [5.74, 6) is 5.93. The SMILES string of the molecule is C=N/C(=N\N(C)N)c1ccc(CBr)cc1. The Morgan fingerprint density at radius 2 is 2.07 bits per heavy atom. The van der Waals surface area contributed by atoms with Crippen molar-refractivity contribution < 1.29 is 0 Å². The van der Waals surface area contributed by atoms with Crippen LogP contribution in [0.2, 0.25) is 0 Å². The molecule has 0 aromatic heterocycles. The molecule has 15 heavy (non-hydrogen) atoms. The van der Waals surface area contributed by atoms with Gasteiger partial charge < -0.3 is 0 Å². The number of halogens is 1. The molecule has 1 aromatic rings. The molecule has 0 radical (unpaired) electrons. The van der Waals surface area contributed by atoms with Crippen LogP contribution in [-0.4, -0.2) is 24.7 Å². The van der Waals surface area contributed by atoms with Crippen LogP contribution in [0.25, 0.3) is 0 Å². The zero-order valence-corrected chi connectivity index (χ0v) is 10.1. The van der Waals surface area contributed by atoms with Crippen molar-refractivity contribution in [3.05, 3.63) is 35.4 Å². The highest BCUT2D eigenvalue weighted by Crippen LogP contribution is 2.09. The molecule has 5 heteroatoms. The summed E-state index contributed by atoms with van der Waals surface area (Å²) in [6.45, 7) is 3.46. The average molecular weight is 269 g/mol. The van der Waals surface area contributed by atoms with Crippen molar-refractivity contribution in [3.8, 4) is 0 Å². The van der Waals surface area contributed by atoms with Crippen molar-refractivity contribution in [2.75, 3.05) is 7.05 Å². The van der Waals surface area contributed by atoms with Crippen LogP contribution < -0.4 is 5.84 Å². The van der Waals surface area contributed by atoms with E-state index in [0.29, 0.717) is 5.84 Å². The van der Waals surface area contributed by atoms with E-state index in [1.165, 1.54) is 10.7 Å². The first kappa shape index (κ1) is 11.9. The summed E-state index contributed by atoms with van der Waals surface area (Å²) in [7, 11) is 1.64. The van der Waals surface area contributed by atoms with E-state index in [4.69, 9.17) is 5.84 Å². The maximum absolute atomic E-state index is 5.41. The van der Waals surface area contributed by atoms with E-state index < -0.39 is 0 Å². The lowest BCUT2D eigenvalue weighted by atomic mass is 10.1. The van der Waals surface area contributed by atoms with Crippen molar-refractivity contribution in [1.29, 1.82) is 0 Å². The van der Waals surface area contributed by atoms with Gasteiger partial charge in [0, 0.05) is 17.9 Å². The number of nitrogens with two attached hydrogens (primary N) is 1. The molecule has 0 unspecified atom stereocenters. The number of nitrogens with zero attached hydrogens (tertiary/aromatic N) is 3. The molecular formula is C10H13BrN4.